The molecule has 1 unspecified atom stereocenters. The molecule has 0 saturated heterocycles. The highest BCUT2D eigenvalue weighted by molar-refractivity contribution is 9.10. The Labute approximate surface area is 105 Å². The fraction of sp³-hybridized carbons (Fsp3) is 0.182. The van der Waals surface area contributed by atoms with Gasteiger partial charge in [0.25, 0.3) is 0 Å². The Morgan fingerprint density at radius 2 is 2.00 bits per heavy atom. The minimum Gasteiger partial charge on any atom is -0.380 e. The lowest BCUT2D eigenvalue weighted by atomic mass is 9.95. The lowest BCUT2D eigenvalue weighted by Gasteiger charge is -2.22. The zero-order chi connectivity index (χ0) is 11.8. The molecule has 1 aromatic heterocycles. The standard InChI is InChI=1S/C11H9BrFNOS/c1-11(15,9-10(12)14-6-16-9)7-2-4-8(13)5-3-7/h2-6,15H,1H3. The van der Waals surface area contributed by atoms with Gasteiger partial charge in [-0.3, -0.25) is 0 Å². The predicted octanol–water partition coefficient (Wildman–Crippen LogP) is 3.30. The number of hydrogen-bond donors (Lipinski definition) is 1. The van der Waals surface area contributed by atoms with Gasteiger partial charge in [-0.1, -0.05) is 12.1 Å². The van der Waals surface area contributed by atoms with Crippen molar-refractivity contribution in [2.75, 3.05) is 0 Å². The number of rotatable bonds is 2. The molecule has 2 nitrogen and oxygen atoms in total. The molecule has 2 aromatic rings. The van der Waals surface area contributed by atoms with Crippen molar-refractivity contribution in [1.82, 2.24) is 4.98 Å². The van der Waals surface area contributed by atoms with Crippen molar-refractivity contribution in [2.45, 2.75) is 12.5 Å². The van der Waals surface area contributed by atoms with E-state index in [1.54, 1.807) is 24.6 Å². The third-order valence-electron chi connectivity index (χ3n) is 2.37. The Balaban J connectivity index is 2.46. The van der Waals surface area contributed by atoms with Crippen LogP contribution in [0.3, 0.4) is 0 Å². The van der Waals surface area contributed by atoms with Crippen molar-refractivity contribution < 1.29 is 9.50 Å². The van der Waals surface area contributed by atoms with Crippen molar-refractivity contribution >= 4 is 27.3 Å². The summed E-state index contributed by atoms with van der Waals surface area (Å²) in [4.78, 5) is 4.73. The largest absolute Gasteiger partial charge is 0.380 e. The molecule has 0 fully saturated rings. The first-order valence-electron chi connectivity index (χ1n) is 4.59. The van der Waals surface area contributed by atoms with E-state index in [0.717, 1.165) is 0 Å². The van der Waals surface area contributed by atoms with Gasteiger partial charge in [-0.15, -0.1) is 11.3 Å². The van der Waals surface area contributed by atoms with E-state index in [1.807, 2.05) is 0 Å². The third-order valence-corrected chi connectivity index (χ3v) is 4.27. The van der Waals surface area contributed by atoms with Crippen LogP contribution in [-0.2, 0) is 5.60 Å². The fourth-order valence-electron chi connectivity index (χ4n) is 1.45. The van der Waals surface area contributed by atoms with Crippen molar-refractivity contribution in [3.8, 4) is 0 Å². The van der Waals surface area contributed by atoms with E-state index in [4.69, 9.17) is 0 Å². The van der Waals surface area contributed by atoms with E-state index in [-0.39, 0.29) is 5.82 Å². The number of hydrogen-bond acceptors (Lipinski definition) is 3. The van der Waals surface area contributed by atoms with Crippen LogP contribution >= 0.6 is 27.3 Å². The molecule has 0 saturated carbocycles. The minimum absolute atomic E-state index is 0.317. The van der Waals surface area contributed by atoms with Crippen LogP contribution in [0.1, 0.15) is 17.4 Å². The van der Waals surface area contributed by atoms with E-state index >= 15 is 0 Å². The van der Waals surface area contributed by atoms with Crippen LogP contribution in [0.4, 0.5) is 4.39 Å². The SMILES string of the molecule is CC(O)(c1ccc(F)cc1)c1scnc1Br. The van der Waals surface area contributed by atoms with Gasteiger partial charge in [0.05, 0.1) is 10.4 Å². The van der Waals surface area contributed by atoms with E-state index in [2.05, 4.69) is 20.9 Å². The van der Waals surface area contributed by atoms with Crippen molar-refractivity contribution in [3.63, 3.8) is 0 Å². The Hall–Kier alpha value is -0.780. The van der Waals surface area contributed by atoms with E-state index in [9.17, 15) is 9.50 Å². The summed E-state index contributed by atoms with van der Waals surface area (Å²) >= 11 is 4.63. The molecule has 84 valence electrons. The van der Waals surface area contributed by atoms with Crippen molar-refractivity contribution in [2.24, 2.45) is 0 Å². The Morgan fingerprint density at radius 1 is 1.38 bits per heavy atom. The molecule has 0 amide bonds. The zero-order valence-corrected chi connectivity index (χ0v) is 10.8. The average molecular weight is 302 g/mol. The molecule has 2 rings (SSSR count). The molecule has 5 heteroatoms. The van der Waals surface area contributed by atoms with Gasteiger partial charge in [-0.05, 0) is 40.5 Å². The predicted molar refractivity (Wildman–Crippen MR) is 64.9 cm³/mol. The Kier molecular flexibility index (Phi) is 3.10. The van der Waals surface area contributed by atoms with Crippen LogP contribution in [0.15, 0.2) is 34.4 Å². The summed E-state index contributed by atoms with van der Waals surface area (Å²) < 4.78 is 13.4. The Bertz CT molecular complexity index is 495. The molecule has 0 radical (unpaired) electrons. The van der Waals surface area contributed by atoms with Crippen LogP contribution in [0, 0.1) is 5.82 Å². The fourth-order valence-corrected chi connectivity index (χ4v) is 3.12. The summed E-state index contributed by atoms with van der Waals surface area (Å²) in [7, 11) is 0. The number of thiazole rings is 1. The van der Waals surface area contributed by atoms with Crippen LogP contribution < -0.4 is 0 Å². The van der Waals surface area contributed by atoms with E-state index in [1.165, 1.54) is 23.5 Å². The maximum absolute atomic E-state index is 12.8. The van der Waals surface area contributed by atoms with Crippen LogP contribution in [0.25, 0.3) is 0 Å². The second-order valence-electron chi connectivity index (χ2n) is 3.55. The highest BCUT2D eigenvalue weighted by Crippen LogP contribution is 2.36. The van der Waals surface area contributed by atoms with Crippen LogP contribution in [0.5, 0.6) is 0 Å². The van der Waals surface area contributed by atoms with Crippen LogP contribution in [0.2, 0.25) is 0 Å². The summed E-state index contributed by atoms with van der Waals surface area (Å²) in [6.07, 6.45) is 0. The zero-order valence-electron chi connectivity index (χ0n) is 8.45. The van der Waals surface area contributed by atoms with Crippen molar-refractivity contribution in [3.05, 3.63) is 50.6 Å². The molecule has 1 N–H and O–H groups in total. The maximum atomic E-state index is 12.8. The van der Waals surface area contributed by atoms with E-state index < -0.39 is 5.60 Å². The van der Waals surface area contributed by atoms with Gasteiger partial charge < -0.3 is 5.11 Å². The molecular weight excluding hydrogens is 293 g/mol. The molecule has 16 heavy (non-hydrogen) atoms. The lowest BCUT2D eigenvalue weighted by Crippen LogP contribution is -2.21. The summed E-state index contributed by atoms with van der Waals surface area (Å²) in [6, 6.07) is 5.81. The molecule has 0 aliphatic heterocycles. The maximum Gasteiger partial charge on any atom is 0.124 e. The van der Waals surface area contributed by atoms with Crippen LogP contribution in [-0.4, -0.2) is 10.1 Å². The quantitative estimate of drug-likeness (QED) is 0.923. The molecule has 0 aliphatic carbocycles. The second-order valence-corrected chi connectivity index (χ2v) is 5.16. The molecule has 1 atom stereocenters. The average Bonchev–Trinajstić information content (AvgIpc) is 2.66. The topological polar surface area (TPSA) is 33.1 Å². The van der Waals surface area contributed by atoms with Gasteiger partial charge in [0, 0.05) is 0 Å². The smallest absolute Gasteiger partial charge is 0.124 e. The Morgan fingerprint density at radius 3 is 2.50 bits per heavy atom. The summed E-state index contributed by atoms with van der Waals surface area (Å²) in [5.74, 6) is -0.317. The van der Waals surface area contributed by atoms with Gasteiger partial charge in [-0.25, -0.2) is 9.37 Å². The summed E-state index contributed by atoms with van der Waals surface area (Å²) in [5, 5.41) is 10.4. The number of aromatic nitrogens is 1. The highest BCUT2D eigenvalue weighted by Gasteiger charge is 2.29. The molecule has 0 aliphatic rings. The monoisotopic (exact) mass is 301 g/mol. The first-order chi connectivity index (χ1) is 7.51. The normalized spacial score (nSPS) is 14.8. The second kappa shape index (κ2) is 4.24. The molecule has 1 aromatic carbocycles. The number of nitrogens with zero attached hydrogens (tertiary/aromatic N) is 1. The van der Waals surface area contributed by atoms with Gasteiger partial charge in [0.15, 0.2) is 0 Å². The number of halogens is 2. The summed E-state index contributed by atoms with van der Waals surface area (Å²) in [6.45, 7) is 1.67. The first-order valence-corrected chi connectivity index (χ1v) is 6.27. The number of aliphatic hydroxyl groups is 1. The highest BCUT2D eigenvalue weighted by atomic mass is 79.9. The van der Waals surface area contributed by atoms with E-state index in [0.29, 0.717) is 15.0 Å². The number of benzene rings is 1. The first kappa shape index (κ1) is 11.7. The molecule has 1 heterocycles. The van der Waals surface area contributed by atoms with Gasteiger partial charge in [0.2, 0.25) is 0 Å². The summed E-state index contributed by atoms with van der Waals surface area (Å²) in [5.41, 5.74) is 1.13. The lowest BCUT2D eigenvalue weighted by molar-refractivity contribution is 0.105. The third kappa shape index (κ3) is 2.03. The molecule has 0 spiro atoms. The van der Waals surface area contributed by atoms with Crippen molar-refractivity contribution in [1.29, 1.82) is 0 Å². The van der Waals surface area contributed by atoms with Gasteiger partial charge >= 0.3 is 0 Å². The molecule has 0 bridgehead atoms. The van der Waals surface area contributed by atoms with Gasteiger partial charge in [0.1, 0.15) is 16.0 Å². The minimum atomic E-state index is -1.16. The molecular formula is C11H9BrFNOS. The van der Waals surface area contributed by atoms with Gasteiger partial charge in [-0.2, -0.15) is 0 Å².